The van der Waals surface area contributed by atoms with Crippen molar-refractivity contribution < 1.29 is 14.3 Å². The number of halogens is 3. The maximum Gasteiger partial charge on any atom is 0.344 e. The first-order valence-electron chi connectivity index (χ1n) is 9.49. The summed E-state index contributed by atoms with van der Waals surface area (Å²) >= 11 is 13.4. The molecule has 0 aromatic heterocycles. The van der Waals surface area contributed by atoms with Crippen molar-refractivity contribution in [2.75, 3.05) is 0 Å². The Morgan fingerprint density at radius 1 is 1.30 bits per heavy atom. The highest BCUT2D eigenvalue weighted by molar-refractivity contribution is 8.18. The lowest BCUT2D eigenvalue weighted by molar-refractivity contribution is -0.131. The number of rotatable bonds is 2. The third kappa shape index (κ3) is 2.74. The van der Waals surface area contributed by atoms with E-state index in [1.165, 1.54) is 17.8 Å². The smallest absolute Gasteiger partial charge is 0.344 e. The van der Waals surface area contributed by atoms with Crippen molar-refractivity contribution in [2.45, 2.75) is 31.8 Å². The lowest BCUT2D eigenvalue weighted by Crippen LogP contribution is -2.35. The fourth-order valence-corrected chi connectivity index (χ4v) is 6.29. The Labute approximate surface area is 187 Å². The fourth-order valence-electron chi connectivity index (χ4n) is 4.77. The van der Waals surface area contributed by atoms with Crippen LogP contribution in [0.15, 0.2) is 52.0 Å². The van der Waals surface area contributed by atoms with E-state index in [1.807, 2.05) is 30.9 Å². The molecule has 0 aliphatic carbocycles. The van der Waals surface area contributed by atoms with Crippen molar-refractivity contribution in [1.82, 2.24) is 4.90 Å². The van der Waals surface area contributed by atoms with Crippen molar-refractivity contribution in [3.8, 4) is 0 Å². The van der Waals surface area contributed by atoms with Gasteiger partial charge in [0, 0.05) is 16.6 Å². The summed E-state index contributed by atoms with van der Waals surface area (Å²) in [5.41, 5.74) is 2.59. The molecule has 2 aromatic carbocycles. The third-order valence-electron chi connectivity index (χ3n) is 6.10. The molecular weight excluding hydrogens is 446 g/mol. The number of carboxylic acids is 1. The molecule has 0 saturated heterocycles. The van der Waals surface area contributed by atoms with E-state index in [0.717, 1.165) is 22.4 Å². The molecule has 4 nitrogen and oxygen atoms in total. The van der Waals surface area contributed by atoms with E-state index in [4.69, 9.17) is 28.2 Å². The number of benzene rings is 2. The minimum absolute atomic E-state index is 0.0668. The molecule has 0 fully saturated rings. The summed E-state index contributed by atoms with van der Waals surface area (Å²) < 4.78 is 14.6. The molecule has 3 aliphatic rings. The SMILES string of the molecule is CC1Cc2cc(Cl)c(F)cc2C2N3C(=NC2(C)c2ccc(Cl)cc2)SC(C(=O)O)=C13. The number of aliphatic imine (C=N–C) groups is 1. The Bertz CT molecular complexity index is 1160. The molecule has 2 aromatic rings. The predicted octanol–water partition coefficient (Wildman–Crippen LogP) is 6.00. The minimum Gasteiger partial charge on any atom is -0.477 e. The van der Waals surface area contributed by atoms with Crippen LogP contribution in [0.2, 0.25) is 10.0 Å². The van der Waals surface area contributed by atoms with Crippen molar-refractivity contribution in [1.29, 1.82) is 0 Å². The zero-order valence-electron chi connectivity index (χ0n) is 16.1. The van der Waals surface area contributed by atoms with Crippen LogP contribution >= 0.6 is 35.0 Å². The van der Waals surface area contributed by atoms with Gasteiger partial charge in [0.2, 0.25) is 0 Å². The molecule has 0 bridgehead atoms. The van der Waals surface area contributed by atoms with Crippen LogP contribution < -0.4 is 0 Å². The minimum atomic E-state index is -0.971. The van der Waals surface area contributed by atoms with E-state index in [0.29, 0.717) is 16.6 Å². The monoisotopic (exact) mass is 462 g/mol. The van der Waals surface area contributed by atoms with Crippen LogP contribution in [-0.4, -0.2) is 21.1 Å². The normalized spacial score (nSPS) is 27.0. The van der Waals surface area contributed by atoms with Crippen molar-refractivity contribution >= 4 is 46.1 Å². The summed E-state index contributed by atoms with van der Waals surface area (Å²) in [6, 6.07) is 10.2. The first-order chi connectivity index (χ1) is 14.2. The number of carboxylic acid groups (broad SMARTS) is 1. The quantitative estimate of drug-likeness (QED) is 0.594. The second-order valence-electron chi connectivity index (χ2n) is 8.01. The van der Waals surface area contributed by atoms with E-state index >= 15 is 0 Å². The highest BCUT2D eigenvalue weighted by Gasteiger charge is 2.55. The van der Waals surface area contributed by atoms with E-state index in [9.17, 15) is 14.3 Å². The van der Waals surface area contributed by atoms with Crippen LogP contribution in [0.1, 0.15) is 36.6 Å². The van der Waals surface area contributed by atoms with Gasteiger partial charge in [0.1, 0.15) is 16.3 Å². The molecule has 154 valence electrons. The maximum absolute atomic E-state index is 14.6. The van der Waals surface area contributed by atoms with Crippen LogP contribution in [0.4, 0.5) is 4.39 Å². The number of allylic oxidation sites excluding steroid dienone is 1. The molecule has 1 N–H and O–H groups in total. The third-order valence-corrected chi connectivity index (χ3v) is 7.70. The Morgan fingerprint density at radius 3 is 2.67 bits per heavy atom. The summed E-state index contributed by atoms with van der Waals surface area (Å²) in [6.07, 6.45) is 0.568. The molecule has 3 aliphatic heterocycles. The fraction of sp³-hybridized carbons (Fsp3) is 0.273. The van der Waals surface area contributed by atoms with Crippen molar-refractivity contribution in [3.63, 3.8) is 0 Å². The second kappa shape index (κ2) is 6.74. The average molecular weight is 463 g/mol. The number of thioether (sulfide) groups is 1. The first-order valence-corrected chi connectivity index (χ1v) is 11.1. The maximum atomic E-state index is 14.6. The summed E-state index contributed by atoms with van der Waals surface area (Å²) in [5.74, 6) is -1.55. The average Bonchev–Trinajstić information content (AvgIpc) is 3.13. The van der Waals surface area contributed by atoms with Gasteiger partial charge in [0.05, 0.1) is 11.1 Å². The van der Waals surface area contributed by atoms with Crippen molar-refractivity contribution in [3.05, 3.63) is 79.6 Å². The predicted molar refractivity (Wildman–Crippen MR) is 117 cm³/mol. The molecule has 8 heteroatoms. The Morgan fingerprint density at radius 2 is 2.00 bits per heavy atom. The zero-order valence-corrected chi connectivity index (χ0v) is 18.4. The summed E-state index contributed by atoms with van der Waals surface area (Å²) in [5, 5.41) is 11.1. The van der Waals surface area contributed by atoms with Gasteiger partial charge in [-0.2, -0.15) is 0 Å². The lowest BCUT2D eigenvalue weighted by atomic mass is 9.80. The number of hydrogen-bond donors (Lipinski definition) is 1. The summed E-state index contributed by atoms with van der Waals surface area (Å²) in [4.78, 5) is 19.2. The van der Waals surface area contributed by atoms with Gasteiger partial charge >= 0.3 is 5.97 Å². The molecule has 0 amide bonds. The van der Waals surface area contributed by atoms with Crippen LogP contribution in [0, 0.1) is 11.7 Å². The number of nitrogens with zero attached hydrogens (tertiary/aromatic N) is 2. The molecule has 0 spiro atoms. The molecular formula is C22H17Cl2FN2O2S. The lowest BCUT2D eigenvalue weighted by Gasteiger charge is -2.36. The van der Waals surface area contributed by atoms with Crippen LogP contribution in [0.3, 0.4) is 0 Å². The second-order valence-corrected chi connectivity index (χ2v) is 9.83. The van der Waals surface area contributed by atoms with Gasteiger partial charge < -0.3 is 10.0 Å². The molecule has 3 unspecified atom stereocenters. The van der Waals surface area contributed by atoms with Gasteiger partial charge in [-0.3, -0.25) is 0 Å². The topological polar surface area (TPSA) is 52.9 Å². The highest BCUT2D eigenvalue weighted by Crippen LogP contribution is 2.58. The largest absolute Gasteiger partial charge is 0.477 e. The molecule has 3 atom stereocenters. The van der Waals surface area contributed by atoms with E-state index in [1.54, 1.807) is 18.2 Å². The number of fused-ring (bicyclic) bond motifs is 2. The molecule has 5 rings (SSSR count). The zero-order chi connectivity index (χ0) is 21.4. The van der Waals surface area contributed by atoms with E-state index in [-0.39, 0.29) is 21.9 Å². The molecule has 0 radical (unpaired) electrons. The number of hydrogen-bond acceptors (Lipinski definition) is 4. The number of amidine groups is 1. The van der Waals surface area contributed by atoms with Gasteiger partial charge in [0.15, 0.2) is 5.17 Å². The Hall–Kier alpha value is -2.02. The van der Waals surface area contributed by atoms with Gasteiger partial charge in [-0.25, -0.2) is 14.2 Å². The highest BCUT2D eigenvalue weighted by atomic mass is 35.5. The van der Waals surface area contributed by atoms with Crippen molar-refractivity contribution in [2.24, 2.45) is 10.9 Å². The first kappa shape index (κ1) is 19.9. The summed E-state index contributed by atoms with van der Waals surface area (Å²) in [6.45, 7) is 3.99. The Balaban J connectivity index is 1.79. The molecule has 3 heterocycles. The van der Waals surface area contributed by atoms with Gasteiger partial charge in [-0.05, 0) is 66.1 Å². The standard InChI is InChI=1S/C22H17Cl2FN2O2S/c1-10-7-11-8-15(24)16(25)9-14(11)19-22(2,12-3-5-13(23)6-4-12)26-21-27(19)17(10)18(30-21)20(28)29/h3-6,8-10,19H,7H2,1-2H3,(H,28,29). The van der Waals surface area contributed by atoms with Gasteiger partial charge in [-0.1, -0.05) is 42.3 Å². The van der Waals surface area contributed by atoms with Gasteiger partial charge in [-0.15, -0.1) is 0 Å². The molecule has 30 heavy (non-hydrogen) atoms. The number of carbonyl (C=O) groups is 1. The Kier molecular flexibility index (Phi) is 4.47. The van der Waals surface area contributed by atoms with Crippen LogP contribution in [0.25, 0.3) is 0 Å². The summed E-state index contributed by atoms with van der Waals surface area (Å²) in [7, 11) is 0. The van der Waals surface area contributed by atoms with Gasteiger partial charge in [0.25, 0.3) is 0 Å². The van der Waals surface area contributed by atoms with E-state index in [2.05, 4.69) is 0 Å². The van der Waals surface area contributed by atoms with E-state index < -0.39 is 17.3 Å². The molecule has 0 saturated carbocycles. The van der Waals surface area contributed by atoms with Crippen LogP contribution in [-0.2, 0) is 16.8 Å². The van der Waals surface area contributed by atoms with Crippen LogP contribution in [0.5, 0.6) is 0 Å². The number of aliphatic carboxylic acids is 1.